The Kier molecular flexibility index (Phi) is 3.70. The van der Waals surface area contributed by atoms with Crippen molar-refractivity contribution in [2.24, 2.45) is 0 Å². The van der Waals surface area contributed by atoms with Crippen LogP contribution in [0.5, 0.6) is 0 Å². The second-order valence-electron chi connectivity index (χ2n) is 4.27. The van der Waals surface area contributed by atoms with Crippen LogP contribution in [0.25, 0.3) is 0 Å². The van der Waals surface area contributed by atoms with Gasteiger partial charge < -0.3 is 15.1 Å². The molecule has 0 aliphatic carbocycles. The third-order valence-electron chi connectivity index (χ3n) is 2.94. The number of hydrogen-bond acceptors (Lipinski definition) is 5. The zero-order valence-corrected chi connectivity index (χ0v) is 10.4. The van der Waals surface area contributed by atoms with Crippen LogP contribution in [0.1, 0.15) is 10.4 Å². The lowest BCUT2D eigenvalue weighted by molar-refractivity contribution is -0.384. The fourth-order valence-corrected chi connectivity index (χ4v) is 2.15. The molecule has 0 unspecified atom stereocenters. The molecule has 0 aromatic heterocycles. The maximum absolute atomic E-state index is 12.1. The van der Waals surface area contributed by atoms with Gasteiger partial charge in [-0.2, -0.15) is 0 Å². The molecule has 1 aromatic carbocycles. The summed E-state index contributed by atoms with van der Waals surface area (Å²) in [5.74, 6) is -0.476. The number of benzene rings is 1. The minimum atomic E-state index is -0.985. The third kappa shape index (κ3) is 2.67. The normalized spacial score (nSPS) is 22.6. The molecule has 8 heteroatoms. The van der Waals surface area contributed by atoms with E-state index in [0.29, 0.717) is 0 Å². The van der Waals surface area contributed by atoms with Gasteiger partial charge in [0.15, 0.2) is 0 Å². The largest absolute Gasteiger partial charge is 0.388 e. The first kappa shape index (κ1) is 13.7. The van der Waals surface area contributed by atoms with Gasteiger partial charge in [0.25, 0.3) is 11.6 Å². The second-order valence-corrected chi connectivity index (χ2v) is 4.67. The van der Waals surface area contributed by atoms with Crippen LogP contribution in [0.15, 0.2) is 18.2 Å². The van der Waals surface area contributed by atoms with Gasteiger partial charge in [-0.25, -0.2) is 0 Å². The summed E-state index contributed by atoms with van der Waals surface area (Å²) >= 11 is 5.84. The number of carbonyl (C=O) groups is 1. The van der Waals surface area contributed by atoms with E-state index in [1.54, 1.807) is 0 Å². The van der Waals surface area contributed by atoms with Crippen LogP contribution in [0.3, 0.4) is 0 Å². The molecule has 1 aliphatic heterocycles. The molecule has 1 amide bonds. The molecule has 0 spiro atoms. The van der Waals surface area contributed by atoms with Gasteiger partial charge in [-0.1, -0.05) is 11.6 Å². The fourth-order valence-electron chi connectivity index (χ4n) is 1.90. The van der Waals surface area contributed by atoms with Crippen molar-refractivity contribution in [3.05, 3.63) is 38.9 Å². The number of rotatable bonds is 2. The summed E-state index contributed by atoms with van der Waals surface area (Å²) in [5.41, 5.74) is -0.100. The van der Waals surface area contributed by atoms with Crippen LogP contribution >= 0.6 is 11.6 Å². The lowest BCUT2D eigenvalue weighted by atomic mass is 10.2. The van der Waals surface area contributed by atoms with E-state index >= 15 is 0 Å². The predicted octanol–water partition coefficient (Wildman–Crippen LogP) is 0.426. The van der Waals surface area contributed by atoms with E-state index in [0.717, 1.165) is 6.07 Å². The molecule has 2 rings (SSSR count). The maximum Gasteiger partial charge on any atom is 0.270 e. The standard InChI is InChI=1S/C11H11ClN2O5/c12-8-3-6(14(18)19)1-2-7(8)11(17)13-4-9(15)10(16)5-13/h1-3,9-10,15-16H,4-5H2/t9-,10+. The number of amides is 1. The highest BCUT2D eigenvalue weighted by molar-refractivity contribution is 6.34. The molecular weight excluding hydrogens is 276 g/mol. The van der Waals surface area contributed by atoms with E-state index in [4.69, 9.17) is 11.6 Å². The summed E-state index contributed by atoms with van der Waals surface area (Å²) in [4.78, 5) is 23.3. The Balaban J connectivity index is 2.23. The number of carbonyl (C=O) groups excluding carboxylic acids is 1. The number of nitro benzene ring substituents is 1. The van der Waals surface area contributed by atoms with Gasteiger partial charge in [-0.15, -0.1) is 0 Å². The van der Waals surface area contributed by atoms with Crippen molar-refractivity contribution in [1.82, 2.24) is 4.90 Å². The molecule has 1 heterocycles. The molecule has 0 bridgehead atoms. The van der Waals surface area contributed by atoms with Crippen molar-refractivity contribution < 1.29 is 19.9 Å². The molecule has 0 saturated carbocycles. The summed E-state index contributed by atoms with van der Waals surface area (Å²) in [6.45, 7) is 0.0145. The lowest BCUT2D eigenvalue weighted by Gasteiger charge is -2.15. The molecule has 1 aromatic rings. The Labute approximate surface area is 113 Å². The van der Waals surface area contributed by atoms with E-state index in [-0.39, 0.29) is 29.4 Å². The van der Waals surface area contributed by atoms with Crippen LogP contribution < -0.4 is 0 Å². The van der Waals surface area contributed by atoms with Crippen LogP contribution in [0.2, 0.25) is 5.02 Å². The lowest BCUT2D eigenvalue weighted by Crippen LogP contribution is -2.30. The number of nitrogens with zero attached hydrogens (tertiary/aromatic N) is 2. The summed E-state index contributed by atoms with van der Waals surface area (Å²) in [6, 6.07) is 3.54. The highest BCUT2D eigenvalue weighted by Crippen LogP contribution is 2.25. The molecule has 19 heavy (non-hydrogen) atoms. The van der Waals surface area contributed by atoms with Gasteiger partial charge in [0.05, 0.1) is 27.7 Å². The fraction of sp³-hybridized carbons (Fsp3) is 0.364. The van der Waals surface area contributed by atoms with Crippen molar-refractivity contribution in [3.8, 4) is 0 Å². The summed E-state index contributed by atoms with van der Waals surface area (Å²) in [5, 5.41) is 29.3. The monoisotopic (exact) mass is 286 g/mol. The molecule has 1 saturated heterocycles. The minimum Gasteiger partial charge on any atom is -0.388 e. The second kappa shape index (κ2) is 5.12. The molecule has 2 N–H and O–H groups in total. The van der Waals surface area contributed by atoms with E-state index in [2.05, 4.69) is 0 Å². The number of β-amino-alcohol motifs (C(OH)–C–C–N with tert-alkyl or cyclic N) is 2. The summed E-state index contributed by atoms with van der Waals surface area (Å²) in [6.07, 6.45) is -1.97. The smallest absolute Gasteiger partial charge is 0.270 e. The van der Waals surface area contributed by atoms with Gasteiger partial charge in [-0.3, -0.25) is 14.9 Å². The summed E-state index contributed by atoms with van der Waals surface area (Å²) < 4.78 is 0. The number of aliphatic hydroxyl groups excluding tert-OH is 2. The number of hydrogen-bond donors (Lipinski definition) is 2. The predicted molar refractivity (Wildman–Crippen MR) is 66.0 cm³/mol. The van der Waals surface area contributed by atoms with Crippen molar-refractivity contribution in [2.75, 3.05) is 13.1 Å². The molecule has 1 fully saturated rings. The highest BCUT2D eigenvalue weighted by atomic mass is 35.5. The van der Waals surface area contributed by atoms with Gasteiger partial charge in [-0.05, 0) is 6.07 Å². The molecular formula is C11H11ClN2O5. The third-order valence-corrected chi connectivity index (χ3v) is 3.25. The SMILES string of the molecule is O=C(c1ccc([N+](=O)[O-])cc1Cl)N1C[C@@H](O)[C@@H](O)C1. The molecule has 1 aliphatic rings. The van der Waals surface area contributed by atoms with E-state index in [1.165, 1.54) is 17.0 Å². The number of likely N-dealkylation sites (tertiary alicyclic amines) is 1. The Bertz CT molecular complexity index is 526. The minimum absolute atomic E-state index is 0.00726. The number of aliphatic hydroxyl groups is 2. The van der Waals surface area contributed by atoms with Crippen LogP contribution in [-0.2, 0) is 0 Å². The van der Waals surface area contributed by atoms with E-state index < -0.39 is 23.0 Å². The van der Waals surface area contributed by atoms with Crippen LogP contribution in [0, 0.1) is 10.1 Å². The van der Waals surface area contributed by atoms with Crippen molar-refractivity contribution in [2.45, 2.75) is 12.2 Å². The van der Waals surface area contributed by atoms with Crippen LogP contribution in [0.4, 0.5) is 5.69 Å². The Hall–Kier alpha value is -1.70. The number of halogens is 1. The quantitative estimate of drug-likeness (QED) is 0.606. The molecule has 2 atom stereocenters. The van der Waals surface area contributed by atoms with Gasteiger partial charge in [0.2, 0.25) is 0 Å². The average Bonchev–Trinajstić information content (AvgIpc) is 2.68. The average molecular weight is 287 g/mol. The van der Waals surface area contributed by atoms with Gasteiger partial charge in [0.1, 0.15) is 0 Å². The Morgan fingerprint density at radius 2 is 1.95 bits per heavy atom. The van der Waals surface area contributed by atoms with Crippen molar-refractivity contribution >= 4 is 23.2 Å². The first-order chi connectivity index (χ1) is 8.90. The highest BCUT2D eigenvalue weighted by Gasteiger charge is 2.33. The Morgan fingerprint density at radius 1 is 1.37 bits per heavy atom. The topological polar surface area (TPSA) is 104 Å². The zero-order valence-electron chi connectivity index (χ0n) is 9.69. The van der Waals surface area contributed by atoms with E-state index in [1.807, 2.05) is 0 Å². The molecule has 102 valence electrons. The maximum atomic E-state index is 12.1. The first-order valence-corrected chi connectivity index (χ1v) is 5.87. The number of nitro groups is 1. The zero-order chi connectivity index (χ0) is 14.2. The van der Waals surface area contributed by atoms with Crippen molar-refractivity contribution in [1.29, 1.82) is 0 Å². The summed E-state index contributed by atoms with van der Waals surface area (Å²) in [7, 11) is 0. The first-order valence-electron chi connectivity index (χ1n) is 5.49. The van der Waals surface area contributed by atoms with Gasteiger partial charge >= 0.3 is 0 Å². The van der Waals surface area contributed by atoms with E-state index in [9.17, 15) is 25.1 Å². The van der Waals surface area contributed by atoms with Crippen LogP contribution in [-0.4, -0.2) is 51.2 Å². The Morgan fingerprint density at radius 3 is 2.42 bits per heavy atom. The molecule has 7 nitrogen and oxygen atoms in total. The van der Waals surface area contributed by atoms with Gasteiger partial charge in [0, 0.05) is 25.2 Å². The van der Waals surface area contributed by atoms with Crippen molar-refractivity contribution in [3.63, 3.8) is 0 Å². The number of non-ortho nitro benzene ring substituents is 1. The molecule has 0 radical (unpaired) electrons.